The number of anilines is 1. The second kappa shape index (κ2) is 3.87. The Kier molecular flexibility index (Phi) is 2.65. The number of carbonyl (C=O) groups is 2. The van der Waals surface area contributed by atoms with Crippen LogP contribution >= 0.6 is 0 Å². The molecule has 0 saturated carbocycles. The molecule has 0 fully saturated rings. The maximum absolute atomic E-state index is 12.3. The molecule has 1 aromatic rings. The Morgan fingerprint density at radius 1 is 1.41 bits per heavy atom. The highest BCUT2D eigenvalue weighted by molar-refractivity contribution is 6.07. The summed E-state index contributed by atoms with van der Waals surface area (Å²) < 4.78 is 5.24. The van der Waals surface area contributed by atoms with Crippen LogP contribution in [-0.2, 0) is 19.9 Å². The average Bonchev–Trinajstić information content (AvgIpc) is 2.48. The maximum Gasteiger partial charge on any atom is 0.304 e. The number of likely N-dealkylation sites (N-methyl/N-ethyl adjacent to an activating group) is 1. The van der Waals surface area contributed by atoms with Crippen LogP contribution in [-0.4, -0.2) is 18.4 Å². The zero-order valence-electron chi connectivity index (χ0n) is 10.2. The van der Waals surface area contributed by atoms with E-state index in [1.807, 2.05) is 31.2 Å². The minimum Gasteiger partial charge on any atom is -0.444 e. The summed E-state index contributed by atoms with van der Waals surface area (Å²) in [4.78, 5) is 25.1. The zero-order chi connectivity index (χ0) is 12.6. The molecule has 1 unspecified atom stereocenters. The molecular formula is C13H15NO3. The molecule has 2 rings (SSSR count). The fraction of sp³-hybridized carbons (Fsp3) is 0.385. The van der Waals surface area contributed by atoms with Crippen molar-refractivity contribution >= 4 is 17.6 Å². The Hall–Kier alpha value is -1.84. The van der Waals surface area contributed by atoms with E-state index in [9.17, 15) is 9.59 Å². The van der Waals surface area contributed by atoms with Gasteiger partial charge in [0.25, 0.3) is 5.91 Å². The van der Waals surface area contributed by atoms with Gasteiger partial charge in [0.15, 0.2) is 0 Å². The van der Waals surface area contributed by atoms with Crippen LogP contribution in [0.2, 0.25) is 0 Å². The highest BCUT2D eigenvalue weighted by Crippen LogP contribution is 2.42. The van der Waals surface area contributed by atoms with Crippen molar-refractivity contribution in [3.8, 4) is 0 Å². The van der Waals surface area contributed by atoms with Gasteiger partial charge in [-0.2, -0.15) is 0 Å². The summed E-state index contributed by atoms with van der Waals surface area (Å²) in [5.41, 5.74) is 0.393. The van der Waals surface area contributed by atoms with E-state index in [1.165, 1.54) is 6.92 Å². The topological polar surface area (TPSA) is 46.6 Å². The molecule has 1 heterocycles. The molecule has 0 aliphatic carbocycles. The van der Waals surface area contributed by atoms with E-state index >= 15 is 0 Å². The van der Waals surface area contributed by atoms with Gasteiger partial charge in [0.05, 0.1) is 5.69 Å². The van der Waals surface area contributed by atoms with Gasteiger partial charge in [-0.05, 0) is 19.9 Å². The number of rotatable bonds is 2. The first kappa shape index (κ1) is 11.6. The number of carbonyl (C=O) groups excluding carboxylic acids is 2. The number of fused-ring (bicyclic) bond motifs is 1. The van der Waals surface area contributed by atoms with Crippen LogP contribution in [0.25, 0.3) is 0 Å². The summed E-state index contributed by atoms with van der Waals surface area (Å²) >= 11 is 0. The van der Waals surface area contributed by atoms with Crippen LogP contribution in [0, 0.1) is 0 Å². The number of para-hydroxylation sites is 1. The summed E-state index contributed by atoms with van der Waals surface area (Å²) in [7, 11) is 0. The number of hydrogen-bond donors (Lipinski definition) is 0. The fourth-order valence-electron chi connectivity index (χ4n) is 2.29. The van der Waals surface area contributed by atoms with Crippen molar-refractivity contribution in [3.63, 3.8) is 0 Å². The average molecular weight is 233 g/mol. The monoisotopic (exact) mass is 233 g/mol. The van der Waals surface area contributed by atoms with Crippen LogP contribution in [0.5, 0.6) is 0 Å². The van der Waals surface area contributed by atoms with Gasteiger partial charge in [-0.15, -0.1) is 0 Å². The predicted molar refractivity (Wildman–Crippen MR) is 63.6 cm³/mol. The smallest absolute Gasteiger partial charge is 0.304 e. The van der Waals surface area contributed by atoms with Crippen LogP contribution in [0.15, 0.2) is 24.3 Å². The fourth-order valence-corrected chi connectivity index (χ4v) is 2.29. The van der Waals surface area contributed by atoms with Gasteiger partial charge >= 0.3 is 5.97 Å². The summed E-state index contributed by atoms with van der Waals surface area (Å²) in [6.07, 6.45) is 0. The molecule has 4 heteroatoms. The third kappa shape index (κ3) is 1.60. The van der Waals surface area contributed by atoms with Gasteiger partial charge in [0.2, 0.25) is 5.60 Å². The molecule has 0 saturated heterocycles. The number of amides is 1. The highest BCUT2D eigenvalue weighted by Gasteiger charge is 2.49. The maximum atomic E-state index is 12.3. The Morgan fingerprint density at radius 3 is 2.65 bits per heavy atom. The Balaban J connectivity index is 2.55. The Labute approximate surface area is 100 Å². The number of ether oxygens (including phenoxy) is 1. The van der Waals surface area contributed by atoms with Crippen molar-refractivity contribution in [3.05, 3.63) is 29.8 Å². The second-order valence-corrected chi connectivity index (χ2v) is 4.19. The molecular weight excluding hydrogens is 218 g/mol. The first-order chi connectivity index (χ1) is 8.00. The van der Waals surface area contributed by atoms with E-state index in [4.69, 9.17) is 4.74 Å². The van der Waals surface area contributed by atoms with Crippen LogP contribution in [0.3, 0.4) is 0 Å². The number of esters is 1. The third-order valence-corrected chi connectivity index (χ3v) is 3.03. The molecule has 1 amide bonds. The van der Waals surface area contributed by atoms with Crippen molar-refractivity contribution in [2.45, 2.75) is 26.4 Å². The molecule has 90 valence electrons. The molecule has 17 heavy (non-hydrogen) atoms. The van der Waals surface area contributed by atoms with E-state index < -0.39 is 11.6 Å². The van der Waals surface area contributed by atoms with E-state index in [0.717, 1.165) is 11.3 Å². The molecule has 4 nitrogen and oxygen atoms in total. The number of hydrogen-bond acceptors (Lipinski definition) is 3. The van der Waals surface area contributed by atoms with Gasteiger partial charge in [-0.25, -0.2) is 0 Å². The van der Waals surface area contributed by atoms with E-state index in [-0.39, 0.29) is 5.91 Å². The van der Waals surface area contributed by atoms with Crippen LogP contribution < -0.4 is 4.90 Å². The lowest BCUT2D eigenvalue weighted by Crippen LogP contribution is -2.41. The minimum absolute atomic E-state index is 0.184. The lowest BCUT2D eigenvalue weighted by Gasteiger charge is -2.23. The van der Waals surface area contributed by atoms with Gasteiger partial charge < -0.3 is 9.64 Å². The molecule has 1 atom stereocenters. The van der Waals surface area contributed by atoms with Crippen molar-refractivity contribution in [2.24, 2.45) is 0 Å². The number of benzene rings is 1. The Bertz CT molecular complexity index is 483. The normalized spacial score (nSPS) is 22.5. The van der Waals surface area contributed by atoms with Crippen molar-refractivity contribution < 1.29 is 14.3 Å². The standard InChI is InChI=1S/C13H15NO3/c1-4-14-11-8-6-5-7-10(11)13(3,12(14)16)17-9(2)15/h5-8H,4H2,1-3H3. The summed E-state index contributed by atoms with van der Waals surface area (Å²) in [5, 5.41) is 0. The first-order valence-electron chi connectivity index (χ1n) is 5.61. The van der Waals surface area contributed by atoms with E-state index in [2.05, 4.69) is 0 Å². The lowest BCUT2D eigenvalue weighted by molar-refractivity contribution is -0.163. The predicted octanol–water partition coefficient (Wildman–Crippen LogP) is 1.83. The summed E-state index contributed by atoms with van der Waals surface area (Å²) in [6.45, 7) is 5.42. The molecule has 0 aromatic heterocycles. The lowest BCUT2D eigenvalue weighted by atomic mass is 9.97. The molecule has 1 aliphatic rings. The molecule has 0 N–H and O–H groups in total. The third-order valence-electron chi connectivity index (χ3n) is 3.03. The van der Waals surface area contributed by atoms with Gasteiger partial charge in [-0.1, -0.05) is 18.2 Å². The van der Waals surface area contributed by atoms with E-state index in [1.54, 1.807) is 11.8 Å². The second-order valence-electron chi connectivity index (χ2n) is 4.19. The molecule has 1 aromatic carbocycles. The van der Waals surface area contributed by atoms with Gasteiger partial charge in [-0.3, -0.25) is 9.59 Å². The molecule has 0 radical (unpaired) electrons. The summed E-state index contributed by atoms with van der Waals surface area (Å²) in [5.74, 6) is -0.634. The van der Waals surface area contributed by atoms with Crippen molar-refractivity contribution in [1.29, 1.82) is 0 Å². The molecule has 1 aliphatic heterocycles. The minimum atomic E-state index is -1.18. The van der Waals surface area contributed by atoms with Crippen LogP contribution in [0.4, 0.5) is 5.69 Å². The van der Waals surface area contributed by atoms with Gasteiger partial charge in [0, 0.05) is 19.0 Å². The van der Waals surface area contributed by atoms with Gasteiger partial charge in [0.1, 0.15) is 0 Å². The highest BCUT2D eigenvalue weighted by atomic mass is 16.6. The first-order valence-corrected chi connectivity index (χ1v) is 5.61. The van der Waals surface area contributed by atoms with Crippen LogP contribution in [0.1, 0.15) is 26.3 Å². The zero-order valence-corrected chi connectivity index (χ0v) is 10.2. The molecule has 0 spiro atoms. The van der Waals surface area contributed by atoms with E-state index in [0.29, 0.717) is 6.54 Å². The largest absolute Gasteiger partial charge is 0.444 e. The molecule has 0 bridgehead atoms. The summed E-state index contributed by atoms with van der Waals surface area (Å²) in [6, 6.07) is 7.40. The van der Waals surface area contributed by atoms with Crippen molar-refractivity contribution in [2.75, 3.05) is 11.4 Å². The quantitative estimate of drug-likeness (QED) is 0.732. The Morgan fingerprint density at radius 2 is 2.06 bits per heavy atom. The van der Waals surface area contributed by atoms with Crippen molar-refractivity contribution in [1.82, 2.24) is 0 Å². The SMILES string of the molecule is CCN1C(=O)C(C)(OC(C)=O)c2ccccc21. The number of nitrogens with zero attached hydrogens (tertiary/aromatic N) is 1.